The molecule has 1 N–H and O–H groups in total. The number of aromatic nitrogens is 2. The lowest BCUT2D eigenvalue weighted by molar-refractivity contribution is 0.252. The molecule has 0 fully saturated rings. The second kappa shape index (κ2) is 8.39. The van der Waals surface area contributed by atoms with Gasteiger partial charge in [-0.1, -0.05) is 36.4 Å². The van der Waals surface area contributed by atoms with E-state index in [0.29, 0.717) is 18.3 Å². The Hall–Kier alpha value is -4.39. The van der Waals surface area contributed by atoms with Crippen molar-refractivity contribution in [1.29, 1.82) is 0 Å². The van der Waals surface area contributed by atoms with Gasteiger partial charge in [0.2, 0.25) is 5.95 Å². The van der Waals surface area contributed by atoms with E-state index in [1.807, 2.05) is 84.9 Å². The van der Waals surface area contributed by atoms with E-state index in [4.69, 9.17) is 9.72 Å². The predicted molar refractivity (Wildman–Crippen MR) is 125 cm³/mol. The molecule has 1 aliphatic heterocycles. The average molecular weight is 423 g/mol. The number of ether oxygens (including phenoxy) is 1. The molecule has 158 valence electrons. The van der Waals surface area contributed by atoms with Crippen molar-refractivity contribution in [3.8, 4) is 5.75 Å². The molecule has 0 aliphatic carbocycles. The molecule has 0 saturated heterocycles. The number of hydrogen-bond acceptors (Lipinski definition) is 5. The van der Waals surface area contributed by atoms with Crippen LogP contribution in [0.15, 0.2) is 91.1 Å². The Kier molecular flexibility index (Phi) is 5.13. The Morgan fingerprint density at radius 3 is 2.25 bits per heavy atom. The SMILES string of the molecule is COc1ccc(N2Cc3cnc(Nc4ccccc4)nc3N(c3ccccc3)C2=O)cc1. The number of para-hydroxylation sites is 2. The maximum atomic E-state index is 13.7. The number of nitrogens with zero attached hydrogens (tertiary/aromatic N) is 4. The maximum absolute atomic E-state index is 13.7. The van der Waals surface area contributed by atoms with E-state index in [-0.39, 0.29) is 6.03 Å². The number of urea groups is 1. The molecule has 0 saturated carbocycles. The first-order valence-corrected chi connectivity index (χ1v) is 10.2. The lowest BCUT2D eigenvalue weighted by Crippen LogP contribution is -2.45. The van der Waals surface area contributed by atoms with E-state index < -0.39 is 0 Å². The Bertz CT molecular complexity index is 1230. The lowest BCUT2D eigenvalue weighted by atomic mass is 10.1. The van der Waals surface area contributed by atoms with Gasteiger partial charge < -0.3 is 10.1 Å². The van der Waals surface area contributed by atoms with Crippen molar-refractivity contribution < 1.29 is 9.53 Å². The first kappa shape index (κ1) is 19.6. The molecule has 2 amide bonds. The smallest absolute Gasteiger partial charge is 0.335 e. The lowest BCUT2D eigenvalue weighted by Gasteiger charge is -2.36. The van der Waals surface area contributed by atoms with Gasteiger partial charge in [0.05, 0.1) is 19.3 Å². The number of anilines is 5. The van der Waals surface area contributed by atoms with Crippen molar-refractivity contribution >= 4 is 34.9 Å². The molecule has 7 nitrogen and oxygen atoms in total. The number of fused-ring (bicyclic) bond motifs is 1. The molecular formula is C25H21N5O2. The highest BCUT2D eigenvalue weighted by Crippen LogP contribution is 2.36. The highest BCUT2D eigenvalue weighted by Gasteiger charge is 2.34. The summed E-state index contributed by atoms with van der Waals surface area (Å²) in [7, 11) is 1.62. The third-order valence-electron chi connectivity index (χ3n) is 5.23. The molecule has 32 heavy (non-hydrogen) atoms. The molecule has 0 spiro atoms. The topological polar surface area (TPSA) is 70.6 Å². The molecule has 7 heteroatoms. The zero-order valence-electron chi connectivity index (χ0n) is 17.5. The standard InChI is InChI=1S/C25H21N5O2/c1-32-22-14-12-20(13-15-22)29-17-18-16-26-24(27-19-8-4-2-5-9-19)28-23(18)30(25(29)31)21-10-6-3-7-11-21/h2-16H,17H2,1H3,(H,26,27,28). The Morgan fingerprint density at radius 2 is 1.56 bits per heavy atom. The Balaban J connectivity index is 1.56. The van der Waals surface area contributed by atoms with Crippen LogP contribution < -0.4 is 19.9 Å². The molecule has 3 aromatic carbocycles. The average Bonchev–Trinajstić information content (AvgIpc) is 2.85. The fraction of sp³-hybridized carbons (Fsp3) is 0.0800. The first-order chi connectivity index (χ1) is 15.7. The molecule has 0 atom stereocenters. The van der Waals surface area contributed by atoms with Gasteiger partial charge in [-0.15, -0.1) is 0 Å². The van der Waals surface area contributed by atoms with E-state index in [2.05, 4.69) is 10.3 Å². The van der Waals surface area contributed by atoms with Crippen molar-refractivity contribution in [2.45, 2.75) is 6.54 Å². The Morgan fingerprint density at radius 1 is 0.875 bits per heavy atom. The van der Waals surface area contributed by atoms with Gasteiger partial charge in [0.25, 0.3) is 0 Å². The predicted octanol–water partition coefficient (Wildman–Crippen LogP) is 5.51. The normalized spacial score (nSPS) is 13.0. The number of carbonyl (C=O) groups excluding carboxylic acids is 1. The van der Waals surface area contributed by atoms with Crippen LogP contribution in [0.3, 0.4) is 0 Å². The van der Waals surface area contributed by atoms with Gasteiger partial charge in [0.15, 0.2) is 5.82 Å². The molecule has 2 heterocycles. The van der Waals surface area contributed by atoms with Gasteiger partial charge >= 0.3 is 6.03 Å². The van der Waals surface area contributed by atoms with Gasteiger partial charge in [0, 0.05) is 23.1 Å². The van der Waals surface area contributed by atoms with E-state index >= 15 is 0 Å². The summed E-state index contributed by atoms with van der Waals surface area (Å²) in [6.45, 7) is 0.370. The summed E-state index contributed by atoms with van der Waals surface area (Å²) in [5.41, 5.74) is 3.23. The van der Waals surface area contributed by atoms with Crippen LogP contribution in [-0.2, 0) is 6.54 Å². The van der Waals surface area contributed by atoms with Crippen LogP contribution in [0.2, 0.25) is 0 Å². The van der Waals surface area contributed by atoms with Gasteiger partial charge in [-0.3, -0.25) is 4.90 Å². The fourth-order valence-electron chi connectivity index (χ4n) is 3.64. The summed E-state index contributed by atoms with van der Waals surface area (Å²) in [6.07, 6.45) is 1.77. The maximum Gasteiger partial charge on any atom is 0.335 e. The van der Waals surface area contributed by atoms with Gasteiger partial charge in [-0.2, -0.15) is 4.98 Å². The summed E-state index contributed by atoms with van der Waals surface area (Å²) in [6, 6.07) is 26.5. The van der Waals surface area contributed by atoms with Crippen molar-refractivity contribution in [2.24, 2.45) is 0 Å². The van der Waals surface area contributed by atoms with Crippen LogP contribution in [0.4, 0.5) is 33.6 Å². The number of methoxy groups -OCH3 is 1. The van der Waals surface area contributed by atoms with Gasteiger partial charge in [0.1, 0.15) is 5.75 Å². The fourth-order valence-corrected chi connectivity index (χ4v) is 3.64. The second-order valence-electron chi connectivity index (χ2n) is 7.27. The van der Waals surface area contributed by atoms with Crippen LogP contribution in [0.1, 0.15) is 5.56 Å². The van der Waals surface area contributed by atoms with Gasteiger partial charge in [-0.05, 0) is 48.5 Å². The number of benzene rings is 3. The number of rotatable bonds is 5. The number of amides is 2. The molecule has 4 aromatic rings. The summed E-state index contributed by atoms with van der Waals surface area (Å²) < 4.78 is 5.25. The monoisotopic (exact) mass is 423 g/mol. The van der Waals surface area contributed by atoms with Crippen LogP contribution >= 0.6 is 0 Å². The van der Waals surface area contributed by atoms with Crippen LogP contribution in [-0.4, -0.2) is 23.1 Å². The summed E-state index contributed by atoms with van der Waals surface area (Å²) in [5, 5.41) is 3.21. The summed E-state index contributed by atoms with van der Waals surface area (Å²) in [5.74, 6) is 1.74. The molecule has 5 rings (SSSR count). The molecule has 1 aromatic heterocycles. The highest BCUT2D eigenvalue weighted by molar-refractivity contribution is 6.10. The van der Waals surface area contributed by atoms with Crippen molar-refractivity contribution in [2.75, 3.05) is 22.2 Å². The number of hydrogen-bond donors (Lipinski definition) is 1. The minimum atomic E-state index is -0.182. The largest absolute Gasteiger partial charge is 0.497 e. The minimum absolute atomic E-state index is 0.182. The first-order valence-electron chi connectivity index (χ1n) is 10.2. The zero-order valence-corrected chi connectivity index (χ0v) is 17.5. The van der Waals surface area contributed by atoms with Crippen LogP contribution in [0, 0.1) is 0 Å². The van der Waals surface area contributed by atoms with E-state index in [9.17, 15) is 4.79 Å². The second-order valence-corrected chi connectivity index (χ2v) is 7.27. The zero-order chi connectivity index (χ0) is 21.9. The third kappa shape index (κ3) is 3.72. The summed E-state index contributed by atoms with van der Waals surface area (Å²) in [4.78, 5) is 26.2. The molecule has 0 bridgehead atoms. The van der Waals surface area contributed by atoms with Crippen LogP contribution in [0.25, 0.3) is 0 Å². The number of carbonyl (C=O) groups is 1. The number of nitrogens with one attached hydrogen (secondary N) is 1. The van der Waals surface area contributed by atoms with Gasteiger partial charge in [-0.25, -0.2) is 14.7 Å². The third-order valence-corrected chi connectivity index (χ3v) is 5.23. The van der Waals surface area contributed by atoms with Crippen molar-refractivity contribution in [3.05, 3.63) is 96.7 Å². The quantitative estimate of drug-likeness (QED) is 0.458. The van der Waals surface area contributed by atoms with E-state index in [0.717, 1.165) is 28.4 Å². The van der Waals surface area contributed by atoms with E-state index in [1.165, 1.54) is 0 Å². The molecular weight excluding hydrogens is 402 g/mol. The van der Waals surface area contributed by atoms with E-state index in [1.54, 1.807) is 23.1 Å². The Labute approximate surface area is 185 Å². The van der Waals surface area contributed by atoms with Crippen molar-refractivity contribution in [3.63, 3.8) is 0 Å². The van der Waals surface area contributed by atoms with Crippen LogP contribution in [0.5, 0.6) is 5.75 Å². The van der Waals surface area contributed by atoms with Crippen molar-refractivity contribution in [1.82, 2.24) is 9.97 Å². The minimum Gasteiger partial charge on any atom is -0.497 e. The molecule has 1 aliphatic rings. The molecule has 0 radical (unpaired) electrons. The summed E-state index contributed by atoms with van der Waals surface area (Å²) >= 11 is 0. The molecule has 0 unspecified atom stereocenters. The highest BCUT2D eigenvalue weighted by atomic mass is 16.5.